The largest absolute Gasteiger partial charge is 0.529 e. The lowest BCUT2D eigenvalue weighted by atomic mass is 10.4. The topological polar surface area (TPSA) is 55.4 Å². The van der Waals surface area contributed by atoms with Crippen molar-refractivity contribution in [2.45, 2.75) is 59.9 Å². The quantitative estimate of drug-likeness (QED) is 0.393. The Morgan fingerprint density at radius 2 is 1.00 bits per heavy atom. The monoisotopic (exact) mass is 364 g/mol. The van der Waals surface area contributed by atoms with Gasteiger partial charge < -0.3 is 27.5 Å². The molecule has 0 N–H and O–H groups in total. The molecule has 3 atom stereocenters. The molecule has 0 aliphatic carbocycles. The predicted octanol–water partition coefficient (Wildman–Crippen LogP) is 2.98. The Hall–Kier alpha value is -0.283. The van der Waals surface area contributed by atoms with E-state index in [1.807, 2.05) is 41.5 Å². The fourth-order valence-electron chi connectivity index (χ4n) is 2.00. The van der Waals surface area contributed by atoms with Crippen molar-refractivity contribution in [2.24, 2.45) is 0 Å². The first-order valence-corrected chi connectivity index (χ1v) is 10.6. The van der Waals surface area contributed by atoms with Gasteiger partial charge in [-0.05, 0) is 47.2 Å². The molecule has 0 aromatic carbocycles. The molecule has 0 saturated heterocycles. The normalized spacial score (nSPS) is 17.9. The number of ether oxygens (including phenoxy) is 3. The summed E-state index contributed by atoms with van der Waals surface area (Å²) in [7, 11) is -3.02. The Kier molecular flexibility index (Phi) is 13.8. The van der Waals surface area contributed by atoms with Crippen molar-refractivity contribution in [3.05, 3.63) is 12.3 Å². The highest BCUT2D eigenvalue weighted by Gasteiger charge is 2.39. The molecule has 0 spiro atoms. The summed E-state index contributed by atoms with van der Waals surface area (Å²) in [5.74, 6) is 0. The molecular formula is C17H36O6Si. The maximum Gasteiger partial charge on any atom is 0.529 e. The Labute approximate surface area is 148 Å². The minimum absolute atomic E-state index is 0.0392. The summed E-state index contributed by atoms with van der Waals surface area (Å²) in [5, 5.41) is 0. The lowest BCUT2D eigenvalue weighted by molar-refractivity contribution is -0.0352. The molecule has 6 nitrogen and oxygen atoms in total. The van der Waals surface area contributed by atoms with Gasteiger partial charge in [-0.2, -0.15) is 0 Å². The molecule has 0 fully saturated rings. The summed E-state index contributed by atoms with van der Waals surface area (Å²) < 4.78 is 34.5. The SMILES string of the molecule is C=C[Si](OCC(C)OCC)(OCC(C)OCC)OCC(C)OCC. The van der Waals surface area contributed by atoms with Gasteiger partial charge in [0, 0.05) is 19.8 Å². The van der Waals surface area contributed by atoms with Crippen LogP contribution in [0.5, 0.6) is 0 Å². The molecule has 0 aromatic heterocycles. The summed E-state index contributed by atoms with van der Waals surface area (Å²) in [4.78, 5) is 0. The summed E-state index contributed by atoms with van der Waals surface area (Å²) in [6.07, 6.45) is -0.118. The first-order chi connectivity index (χ1) is 11.4. The van der Waals surface area contributed by atoms with E-state index < -0.39 is 8.80 Å². The molecule has 0 saturated carbocycles. The van der Waals surface area contributed by atoms with Gasteiger partial charge in [-0.3, -0.25) is 0 Å². The molecule has 0 heterocycles. The van der Waals surface area contributed by atoms with Crippen LogP contribution in [0.25, 0.3) is 0 Å². The third-order valence-electron chi connectivity index (χ3n) is 3.16. The van der Waals surface area contributed by atoms with Crippen molar-refractivity contribution in [1.82, 2.24) is 0 Å². The summed E-state index contributed by atoms with van der Waals surface area (Å²) >= 11 is 0. The third kappa shape index (κ3) is 10.6. The van der Waals surface area contributed by atoms with Crippen LogP contribution < -0.4 is 0 Å². The first-order valence-electron chi connectivity index (χ1n) is 8.83. The molecule has 0 aliphatic rings. The first kappa shape index (κ1) is 23.7. The molecule has 0 bridgehead atoms. The molecular weight excluding hydrogens is 328 g/mol. The van der Waals surface area contributed by atoms with E-state index in [2.05, 4.69) is 6.58 Å². The molecule has 0 aromatic rings. The lowest BCUT2D eigenvalue weighted by Gasteiger charge is -2.30. The van der Waals surface area contributed by atoms with Crippen molar-refractivity contribution in [2.75, 3.05) is 39.6 Å². The number of hydrogen-bond acceptors (Lipinski definition) is 6. The molecule has 0 amide bonds. The van der Waals surface area contributed by atoms with Crippen molar-refractivity contribution < 1.29 is 27.5 Å². The van der Waals surface area contributed by atoms with Gasteiger partial charge in [0.2, 0.25) is 0 Å². The Balaban J connectivity index is 4.75. The summed E-state index contributed by atoms with van der Waals surface area (Å²) in [5.41, 5.74) is 1.66. The van der Waals surface area contributed by atoms with Crippen LogP contribution in [-0.4, -0.2) is 66.8 Å². The fraction of sp³-hybridized carbons (Fsp3) is 0.882. The molecule has 144 valence electrons. The van der Waals surface area contributed by atoms with Crippen LogP contribution in [0.2, 0.25) is 0 Å². The smallest absolute Gasteiger partial charge is 0.376 e. The Morgan fingerprint density at radius 3 is 1.21 bits per heavy atom. The number of rotatable bonds is 16. The summed E-state index contributed by atoms with van der Waals surface area (Å²) in [6.45, 7) is 18.7. The second kappa shape index (κ2) is 13.9. The van der Waals surface area contributed by atoms with Crippen molar-refractivity contribution in [3.63, 3.8) is 0 Å². The van der Waals surface area contributed by atoms with E-state index >= 15 is 0 Å². The molecule has 24 heavy (non-hydrogen) atoms. The predicted molar refractivity (Wildman–Crippen MR) is 97.1 cm³/mol. The zero-order chi connectivity index (χ0) is 18.4. The van der Waals surface area contributed by atoms with Crippen LogP contribution in [0.15, 0.2) is 12.3 Å². The van der Waals surface area contributed by atoms with Crippen molar-refractivity contribution in [3.8, 4) is 0 Å². The van der Waals surface area contributed by atoms with E-state index in [-0.39, 0.29) is 18.3 Å². The highest BCUT2D eigenvalue weighted by molar-refractivity contribution is 6.66. The maximum atomic E-state index is 5.99. The average molecular weight is 365 g/mol. The van der Waals surface area contributed by atoms with Crippen molar-refractivity contribution in [1.29, 1.82) is 0 Å². The summed E-state index contributed by atoms with van der Waals surface area (Å²) in [6, 6.07) is 0. The molecule has 3 unspecified atom stereocenters. The van der Waals surface area contributed by atoms with Gasteiger partial charge in [0.25, 0.3) is 0 Å². The van der Waals surface area contributed by atoms with Gasteiger partial charge in [0.15, 0.2) is 0 Å². The highest BCUT2D eigenvalue weighted by atomic mass is 28.4. The minimum Gasteiger partial charge on any atom is -0.376 e. The van der Waals surface area contributed by atoms with Crippen LogP contribution >= 0.6 is 0 Å². The van der Waals surface area contributed by atoms with E-state index in [4.69, 9.17) is 27.5 Å². The second-order valence-electron chi connectivity index (χ2n) is 5.54. The van der Waals surface area contributed by atoms with Crippen molar-refractivity contribution >= 4 is 8.80 Å². The number of hydrogen-bond donors (Lipinski definition) is 0. The van der Waals surface area contributed by atoms with Crippen LogP contribution in [0.3, 0.4) is 0 Å². The fourth-order valence-corrected chi connectivity index (χ4v) is 4.00. The van der Waals surface area contributed by atoms with E-state index in [1.165, 1.54) is 0 Å². The Morgan fingerprint density at radius 1 is 0.708 bits per heavy atom. The molecule has 0 rings (SSSR count). The Bertz CT molecular complexity index is 275. The minimum atomic E-state index is -3.02. The highest BCUT2D eigenvalue weighted by Crippen LogP contribution is 2.15. The van der Waals surface area contributed by atoms with E-state index in [0.29, 0.717) is 39.6 Å². The average Bonchev–Trinajstić information content (AvgIpc) is 2.55. The van der Waals surface area contributed by atoms with Gasteiger partial charge >= 0.3 is 8.80 Å². The van der Waals surface area contributed by atoms with E-state index in [0.717, 1.165) is 0 Å². The van der Waals surface area contributed by atoms with Crippen LogP contribution in [0, 0.1) is 0 Å². The molecule has 7 heteroatoms. The molecule has 0 radical (unpaired) electrons. The lowest BCUT2D eigenvalue weighted by Crippen LogP contribution is -2.48. The van der Waals surface area contributed by atoms with Crippen LogP contribution in [0.4, 0.5) is 0 Å². The second-order valence-corrected chi connectivity index (χ2v) is 8.02. The van der Waals surface area contributed by atoms with Crippen LogP contribution in [0.1, 0.15) is 41.5 Å². The standard InChI is InChI=1S/C17H36O6Si/c1-8-18-15(5)12-21-24(11-4,22-13-16(6)19-9-2)23-14-17(7)20-10-3/h11,15-17H,4,8-10,12-14H2,1-3,5-7H3. The van der Waals surface area contributed by atoms with E-state index in [9.17, 15) is 0 Å². The maximum absolute atomic E-state index is 5.99. The zero-order valence-corrected chi connectivity index (χ0v) is 17.2. The van der Waals surface area contributed by atoms with Gasteiger partial charge in [-0.15, -0.1) is 0 Å². The van der Waals surface area contributed by atoms with Gasteiger partial charge in [0.05, 0.1) is 38.1 Å². The molecule has 0 aliphatic heterocycles. The van der Waals surface area contributed by atoms with Gasteiger partial charge in [0.1, 0.15) is 0 Å². The van der Waals surface area contributed by atoms with E-state index in [1.54, 1.807) is 5.70 Å². The van der Waals surface area contributed by atoms with Crippen LogP contribution in [-0.2, 0) is 27.5 Å². The van der Waals surface area contributed by atoms with Gasteiger partial charge in [-0.1, -0.05) is 6.58 Å². The zero-order valence-electron chi connectivity index (χ0n) is 16.2. The van der Waals surface area contributed by atoms with Gasteiger partial charge in [-0.25, -0.2) is 0 Å². The third-order valence-corrected chi connectivity index (χ3v) is 5.37.